The molecule has 0 aromatic heterocycles. The minimum absolute atomic E-state index is 0.0335. The number of aliphatic carboxylic acids is 1. The van der Waals surface area contributed by atoms with Crippen LogP contribution in [0, 0.1) is 5.92 Å². The molecule has 22 heavy (non-hydrogen) atoms. The Labute approximate surface area is 135 Å². The molecule has 5 heteroatoms. The van der Waals surface area contributed by atoms with E-state index in [0.29, 0.717) is 12.8 Å². The number of carboxylic acid groups (broad SMARTS) is 1. The molecule has 0 bridgehead atoms. The van der Waals surface area contributed by atoms with Gasteiger partial charge in [-0.05, 0) is 12.8 Å². The third-order valence-electron chi connectivity index (χ3n) is 3.55. The van der Waals surface area contributed by atoms with Gasteiger partial charge in [0.2, 0.25) is 0 Å². The van der Waals surface area contributed by atoms with Crippen LogP contribution in [0.5, 0.6) is 0 Å². The SMILES string of the molecule is CCCCCCCCCCCC(=O)O.OCCC(CO)CO. The van der Waals surface area contributed by atoms with Crippen LogP contribution < -0.4 is 0 Å². The predicted octanol–water partition coefficient (Wildman–Crippen LogP) is 2.96. The van der Waals surface area contributed by atoms with Crippen molar-refractivity contribution in [3.63, 3.8) is 0 Å². The van der Waals surface area contributed by atoms with Gasteiger partial charge in [-0.25, -0.2) is 0 Å². The molecule has 0 atom stereocenters. The second kappa shape index (κ2) is 20.3. The van der Waals surface area contributed by atoms with Gasteiger partial charge in [0.05, 0.1) is 0 Å². The lowest BCUT2D eigenvalue weighted by Crippen LogP contribution is -2.12. The Morgan fingerprint density at radius 1 is 0.818 bits per heavy atom. The van der Waals surface area contributed by atoms with Crippen molar-refractivity contribution in [2.24, 2.45) is 5.92 Å². The maximum absolute atomic E-state index is 10.2. The summed E-state index contributed by atoms with van der Waals surface area (Å²) in [6.45, 7) is 2.17. The van der Waals surface area contributed by atoms with Crippen molar-refractivity contribution < 1.29 is 25.2 Å². The van der Waals surface area contributed by atoms with Crippen molar-refractivity contribution in [2.75, 3.05) is 19.8 Å². The van der Waals surface area contributed by atoms with Gasteiger partial charge in [0.25, 0.3) is 0 Å². The lowest BCUT2D eigenvalue weighted by Gasteiger charge is -2.06. The summed E-state index contributed by atoms with van der Waals surface area (Å²) >= 11 is 0. The molecule has 134 valence electrons. The summed E-state index contributed by atoms with van der Waals surface area (Å²) in [5, 5.41) is 33.5. The Morgan fingerprint density at radius 3 is 1.59 bits per heavy atom. The first-order valence-electron chi connectivity index (χ1n) is 8.66. The van der Waals surface area contributed by atoms with E-state index in [9.17, 15) is 4.79 Å². The highest BCUT2D eigenvalue weighted by Crippen LogP contribution is 2.10. The maximum atomic E-state index is 10.2. The van der Waals surface area contributed by atoms with Crippen LogP contribution in [-0.2, 0) is 4.79 Å². The van der Waals surface area contributed by atoms with Crippen molar-refractivity contribution in [3.05, 3.63) is 0 Å². The van der Waals surface area contributed by atoms with E-state index in [4.69, 9.17) is 20.4 Å². The molecule has 0 aliphatic rings. The normalized spacial score (nSPS) is 10.4. The van der Waals surface area contributed by atoms with Gasteiger partial charge in [-0.3, -0.25) is 4.79 Å². The van der Waals surface area contributed by atoms with Crippen LogP contribution in [0.3, 0.4) is 0 Å². The highest BCUT2D eigenvalue weighted by molar-refractivity contribution is 5.66. The third kappa shape index (κ3) is 21.6. The van der Waals surface area contributed by atoms with E-state index >= 15 is 0 Å². The molecule has 0 unspecified atom stereocenters. The zero-order chi connectivity index (χ0) is 17.1. The highest BCUT2D eigenvalue weighted by Gasteiger charge is 2.02. The van der Waals surface area contributed by atoms with Crippen molar-refractivity contribution >= 4 is 5.97 Å². The van der Waals surface area contributed by atoms with Gasteiger partial charge < -0.3 is 20.4 Å². The van der Waals surface area contributed by atoms with E-state index in [0.717, 1.165) is 12.8 Å². The van der Waals surface area contributed by atoms with Crippen LogP contribution in [0.2, 0.25) is 0 Å². The van der Waals surface area contributed by atoms with E-state index in [2.05, 4.69) is 6.92 Å². The highest BCUT2D eigenvalue weighted by atomic mass is 16.4. The van der Waals surface area contributed by atoms with E-state index in [1.165, 1.54) is 44.9 Å². The number of carboxylic acids is 1. The molecular formula is C17H36O5. The summed E-state index contributed by atoms with van der Waals surface area (Å²) in [4.78, 5) is 10.2. The van der Waals surface area contributed by atoms with Crippen LogP contribution in [0.25, 0.3) is 0 Å². The molecule has 0 saturated carbocycles. The smallest absolute Gasteiger partial charge is 0.303 e. The number of aliphatic hydroxyl groups excluding tert-OH is 3. The molecule has 0 aromatic carbocycles. The van der Waals surface area contributed by atoms with Crippen LogP contribution in [-0.4, -0.2) is 46.2 Å². The second-order valence-electron chi connectivity index (χ2n) is 5.72. The van der Waals surface area contributed by atoms with Gasteiger partial charge >= 0.3 is 5.97 Å². The molecule has 0 aliphatic heterocycles. The number of rotatable bonds is 14. The van der Waals surface area contributed by atoms with E-state index in [1.807, 2.05) is 0 Å². The first-order chi connectivity index (χ1) is 10.6. The molecule has 0 aromatic rings. The average Bonchev–Trinajstić information content (AvgIpc) is 2.51. The van der Waals surface area contributed by atoms with Crippen LogP contribution in [0.1, 0.15) is 77.6 Å². The molecule has 0 radical (unpaired) electrons. The van der Waals surface area contributed by atoms with Crippen LogP contribution in [0.4, 0.5) is 0 Å². The molecule has 0 saturated heterocycles. The molecule has 0 rings (SSSR count). The van der Waals surface area contributed by atoms with Crippen molar-refractivity contribution in [1.82, 2.24) is 0 Å². The fraction of sp³-hybridized carbons (Fsp3) is 0.941. The molecule has 0 spiro atoms. The standard InChI is InChI=1S/C12H24O2.C5H12O3/c1-2-3-4-5-6-7-8-9-10-11-12(13)14;6-2-1-5(3-7)4-8/h2-11H2,1H3,(H,13,14);5-8H,1-4H2. The summed E-state index contributed by atoms with van der Waals surface area (Å²) in [6.07, 6.45) is 12.0. The average molecular weight is 320 g/mol. The van der Waals surface area contributed by atoms with Gasteiger partial charge in [0, 0.05) is 32.2 Å². The van der Waals surface area contributed by atoms with Gasteiger partial charge in [-0.1, -0.05) is 58.3 Å². The van der Waals surface area contributed by atoms with Crippen LogP contribution >= 0.6 is 0 Å². The minimum atomic E-state index is -0.659. The Kier molecular flexibility index (Phi) is 21.8. The number of hydrogen-bond donors (Lipinski definition) is 4. The van der Waals surface area contributed by atoms with Gasteiger partial charge in [0.15, 0.2) is 0 Å². The summed E-state index contributed by atoms with van der Waals surface area (Å²) in [7, 11) is 0. The first-order valence-corrected chi connectivity index (χ1v) is 8.66. The molecule has 4 N–H and O–H groups in total. The van der Waals surface area contributed by atoms with E-state index < -0.39 is 5.97 Å². The topological polar surface area (TPSA) is 98.0 Å². The zero-order valence-corrected chi connectivity index (χ0v) is 14.2. The molecular weight excluding hydrogens is 284 g/mol. The van der Waals surface area contributed by atoms with Gasteiger partial charge in [-0.2, -0.15) is 0 Å². The predicted molar refractivity (Wildman–Crippen MR) is 88.8 cm³/mol. The number of hydrogen-bond acceptors (Lipinski definition) is 4. The van der Waals surface area contributed by atoms with E-state index in [1.54, 1.807) is 0 Å². The lowest BCUT2D eigenvalue weighted by atomic mass is 10.1. The fourth-order valence-electron chi connectivity index (χ4n) is 2.01. The van der Waals surface area contributed by atoms with Crippen molar-refractivity contribution in [1.29, 1.82) is 0 Å². The maximum Gasteiger partial charge on any atom is 0.303 e. The summed E-state index contributed by atoms with van der Waals surface area (Å²) < 4.78 is 0. The number of unbranched alkanes of at least 4 members (excludes halogenated alkanes) is 8. The number of carbonyl (C=O) groups is 1. The zero-order valence-electron chi connectivity index (χ0n) is 14.2. The Morgan fingerprint density at radius 2 is 1.27 bits per heavy atom. The van der Waals surface area contributed by atoms with E-state index in [-0.39, 0.29) is 25.7 Å². The van der Waals surface area contributed by atoms with Crippen LogP contribution in [0.15, 0.2) is 0 Å². The number of aliphatic hydroxyl groups is 3. The summed E-state index contributed by atoms with van der Waals surface area (Å²) in [5.74, 6) is -0.798. The second-order valence-corrected chi connectivity index (χ2v) is 5.72. The quantitative estimate of drug-likeness (QED) is 0.369. The molecule has 0 heterocycles. The Bertz CT molecular complexity index is 217. The molecule has 0 aliphatic carbocycles. The third-order valence-corrected chi connectivity index (χ3v) is 3.55. The van der Waals surface area contributed by atoms with Gasteiger partial charge in [0.1, 0.15) is 0 Å². The Balaban J connectivity index is 0. The summed E-state index contributed by atoms with van der Waals surface area (Å²) in [6, 6.07) is 0. The molecule has 0 fully saturated rings. The molecule has 5 nitrogen and oxygen atoms in total. The van der Waals surface area contributed by atoms with Gasteiger partial charge in [-0.15, -0.1) is 0 Å². The summed E-state index contributed by atoms with van der Waals surface area (Å²) in [5.41, 5.74) is 0. The Hall–Kier alpha value is -0.650. The largest absolute Gasteiger partial charge is 0.481 e. The fourth-order valence-corrected chi connectivity index (χ4v) is 2.01. The van der Waals surface area contributed by atoms with Crippen molar-refractivity contribution in [3.8, 4) is 0 Å². The minimum Gasteiger partial charge on any atom is -0.481 e. The monoisotopic (exact) mass is 320 g/mol. The van der Waals surface area contributed by atoms with Crippen molar-refractivity contribution in [2.45, 2.75) is 77.6 Å². The lowest BCUT2D eigenvalue weighted by molar-refractivity contribution is -0.137. The molecule has 0 amide bonds. The first kappa shape index (κ1) is 23.6.